The number of aliphatic imine (C=N–C) groups is 1. The number of rotatable bonds is 8. The fourth-order valence-corrected chi connectivity index (χ4v) is 3.45. The maximum Gasteiger partial charge on any atom is 0.227 e. The maximum absolute atomic E-state index is 12.4. The third-order valence-electron chi connectivity index (χ3n) is 4.53. The molecule has 0 spiro atoms. The monoisotopic (exact) mass is 504 g/mol. The predicted molar refractivity (Wildman–Crippen MR) is 128 cm³/mol. The van der Waals surface area contributed by atoms with Crippen molar-refractivity contribution in [3.8, 4) is 0 Å². The lowest BCUT2D eigenvalue weighted by Crippen LogP contribution is -2.38. The van der Waals surface area contributed by atoms with Crippen molar-refractivity contribution in [2.75, 3.05) is 30.4 Å². The molecule has 3 N–H and O–H groups in total. The molecule has 0 unspecified atom stereocenters. The van der Waals surface area contributed by atoms with Crippen LogP contribution >= 0.6 is 35.7 Å². The van der Waals surface area contributed by atoms with Gasteiger partial charge in [-0.25, -0.2) is 4.99 Å². The van der Waals surface area contributed by atoms with E-state index in [2.05, 4.69) is 34.1 Å². The number of nitrogens with one attached hydrogen (secondary N) is 3. The van der Waals surface area contributed by atoms with Gasteiger partial charge in [-0.15, -0.1) is 24.0 Å². The summed E-state index contributed by atoms with van der Waals surface area (Å²) in [5.41, 5.74) is 1.96. The Morgan fingerprint density at radius 1 is 1.22 bits per heavy atom. The first-order valence-electron chi connectivity index (χ1n) is 9.64. The number of hydrogen-bond donors (Lipinski definition) is 3. The van der Waals surface area contributed by atoms with Crippen molar-refractivity contribution in [3.05, 3.63) is 29.8 Å². The molecule has 1 aromatic rings. The van der Waals surface area contributed by atoms with Crippen molar-refractivity contribution in [1.82, 2.24) is 10.6 Å². The largest absolute Gasteiger partial charge is 0.357 e. The van der Waals surface area contributed by atoms with Crippen LogP contribution in [0.15, 0.2) is 29.3 Å². The van der Waals surface area contributed by atoms with Crippen LogP contribution in [0, 0.1) is 5.92 Å². The van der Waals surface area contributed by atoms with E-state index in [-0.39, 0.29) is 35.8 Å². The highest BCUT2D eigenvalue weighted by molar-refractivity contribution is 14.0. The predicted octanol–water partition coefficient (Wildman–Crippen LogP) is 4.24. The van der Waals surface area contributed by atoms with E-state index in [1.165, 1.54) is 19.3 Å². The first-order valence-corrected chi connectivity index (χ1v) is 11.0. The summed E-state index contributed by atoms with van der Waals surface area (Å²) in [6.07, 6.45) is 7.73. The first-order chi connectivity index (χ1) is 12.7. The lowest BCUT2D eigenvalue weighted by atomic mass is 9.88. The molecule has 0 radical (unpaired) electrons. The minimum atomic E-state index is 0. The Hall–Kier alpha value is -0.960. The topological polar surface area (TPSA) is 65.5 Å². The van der Waals surface area contributed by atoms with Gasteiger partial charge in [0.2, 0.25) is 5.91 Å². The smallest absolute Gasteiger partial charge is 0.227 e. The van der Waals surface area contributed by atoms with Crippen LogP contribution in [0.25, 0.3) is 0 Å². The Kier molecular flexibility index (Phi) is 12.6. The van der Waals surface area contributed by atoms with Crippen LogP contribution in [0.5, 0.6) is 0 Å². The zero-order valence-electron chi connectivity index (χ0n) is 16.4. The van der Waals surface area contributed by atoms with Gasteiger partial charge in [-0.2, -0.15) is 11.8 Å². The van der Waals surface area contributed by atoms with Crippen molar-refractivity contribution >= 4 is 53.3 Å². The van der Waals surface area contributed by atoms with Crippen LogP contribution in [0.2, 0.25) is 0 Å². The summed E-state index contributed by atoms with van der Waals surface area (Å²) in [7, 11) is 0. The molecule has 1 aliphatic carbocycles. The van der Waals surface area contributed by atoms with Crippen LogP contribution in [0.1, 0.15) is 44.6 Å². The summed E-state index contributed by atoms with van der Waals surface area (Å²) in [4.78, 5) is 17.1. The molecule has 0 aliphatic heterocycles. The minimum Gasteiger partial charge on any atom is -0.357 e. The highest BCUT2D eigenvalue weighted by atomic mass is 127. The normalized spacial score (nSPS) is 15.0. The Morgan fingerprint density at radius 2 is 2.00 bits per heavy atom. The van der Waals surface area contributed by atoms with Gasteiger partial charge in [0.1, 0.15) is 0 Å². The average Bonchev–Trinajstić information content (AvgIpc) is 2.67. The van der Waals surface area contributed by atoms with Crippen LogP contribution < -0.4 is 16.0 Å². The van der Waals surface area contributed by atoms with E-state index in [1.54, 1.807) is 0 Å². The minimum absolute atomic E-state index is 0. The Morgan fingerprint density at radius 3 is 2.70 bits per heavy atom. The Bertz CT molecular complexity index is 591. The quantitative estimate of drug-likeness (QED) is 0.215. The van der Waals surface area contributed by atoms with E-state index < -0.39 is 0 Å². The summed E-state index contributed by atoms with van der Waals surface area (Å²) < 4.78 is 0. The summed E-state index contributed by atoms with van der Waals surface area (Å²) >= 11 is 1.81. The number of hydrogen-bond acceptors (Lipinski definition) is 3. The molecule has 0 aromatic heterocycles. The summed E-state index contributed by atoms with van der Waals surface area (Å²) in [5.74, 6) is 2.22. The second kappa shape index (κ2) is 14.1. The van der Waals surface area contributed by atoms with E-state index >= 15 is 0 Å². The van der Waals surface area contributed by atoms with Crippen molar-refractivity contribution in [3.63, 3.8) is 0 Å². The molecule has 0 bridgehead atoms. The third kappa shape index (κ3) is 9.19. The molecule has 1 aromatic carbocycles. The molecular formula is C20H33IN4OS. The molecule has 1 fully saturated rings. The summed E-state index contributed by atoms with van der Waals surface area (Å²) in [6, 6.07) is 8.01. The van der Waals surface area contributed by atoms with Gasteiger partial charge < -0.3 is 16.0 Å². The number of carbonyl (C=O) groups is 1. The fraction of sp³-hybridized carbons (Fsp3) is 0.600. The molecule has 1 aliphatic rings. The standard InChI is InChI=1S/C20H32N4OS.HI/c1-3-21-20(22-12-13-26-2)23-15-16-8-7-11-18(14-16)24-19(25)17-9-5-4-6-10-17;/h7-8,11,14,17H,3-6,9-10,12-13,15H2,1-2H3,(H,24,25)(H2,21,22,23);1H. The molecule has 2 rings (SSSR count). The Labute approximate surface area is 185 Å². The van der Waals surface area contributed by atoms with Gasteiger partial charge in [-0.1, -0.05) is 31.4 Å². The lowest BCUT2D eigenvalue weighted by molar-refractivity contribution is -0.120. The van der Waals surface area contributed by atoms with Crippen molar-refractivity contribution in [2.24, 2.45) is 10.9 Å². The second-order valence-corrected chi connectivity index (χ2v) is 7.62. The molecule has 5 nitrogen and oxygen atoms in total. The van der Waals surface area contributed by atoms with E-state index in [4.69, 9.17) is 0 Å². The highest BCUT2D eigenvalue weighted by Gasteiger charge is 2.20. The number of halogens is 1. The van der Waals surface area contributed by atoms with Crippen LogP contribution in [-0.4, -0.2) is 37.0 Å². The molecule has 0 heterocycles. The molecular weight excluding hydrogens is 471 g/mol. The number of thioether (sulfide) groups is 1. The van der Waals surface area contributed by atoms with Gasteiger partial charge in [-0.05, 0) is 43.7 Å². The SMILES string of the molecule is CCNC(=NCc1cccc(NC(=O)C2CCCCC2)c1)NCCSC.I. The van der Waals surface area contributed by atoms with Crippen LogP contribution in [-0.2, 0) is 11.3 Å². The number of guanidine groups is 1. The molecule has 1 amide bonds. The van der Waals surface area contributed by atoms with Gasteiger partial charge >= 0.3 is 0 Å². The fourth-order valence-electron chi connectivity index (χ4n) is 3.14. The van der Waals surface area contributed by atoms with Gasteiger partial charge in [-0.3, -0.25) is 4.79 Å². The van der Waals surface area contributed by atoms with E-state index in [1.807, 2.05) is 36.0 Å². The van der Waals surface area contributed by atoms with Crippen LogP contribution in [0.4, 0.5) is 5.69 Å². The van der Waals surface area contributed by atoms with Crippen molar-refractivity contribution < 1.29 is 4.79 Å². The highest BCUT2D eigenvalue weighted by Crippen LogP contribution is 2.25. The van der Waals surface area contributed by atoms with Crippen molar-refractivity contribution in [2.45, 2.75) is 45.6 Å². The Balaban J connectivity index is 0.00000364. The number of carbonyl (C=O) groups excluding carboxylic acids is 1. The van der Waals surface area contributed by atoms with E-state index in [0.29, 0.717) is 6.54 Å². The lowest BCUT2D eigenvalue weighted by Gasteiger charge is -2.20. The molecule has 27 heavy (non-hydrogen) atoms. The van der Waals surface area contributed by atoms with E-state index in [0.717, 1.165) is 48.9 Å². The molecule has 152 valence electrons. The molecule has 0 saturated heterocycles. The zero-order chi connectivity index (χ0) is 18.6. The number of anilines is 1. The van der Waals surface area contributed by atoms with Gasteiger partial charge in [0.25, 0.3) is 0 Å². The number of benzene rings is 1. The van der Waals surface area contributed by atoms with Gasteiger partial charge in [0, 0.05) is 30.4 Å². The zero-order valence-corrected chi connectivity index (χ0v) is 19.6. The van der Waals surface area contributed by atoms with Crippen LogP contribution in [0.3, 0.4) is 0 Å². The first kappa shape index (κ1) is 24.1. The molecule has 7 heteroatoms. The average molecular weight is 504 g/mol. The summed E-state index contributed by atoms with van der Waals surface area (Å²) in [5, 5.41) is 9.68. The van der Waals surface area contributed by atoms with Crippen molar-refractivity contribution in [1.29, 1.82) is 0 Å². The number of amides is 1. The maximum atomic E-state index is 12.4. The molecule has 0 atom stereocenters. The third-order valence-corrected chi connectivity index (χ3v) is 5.15. The van der Waals surface area contributed by atoms with Gasteiger partial charge in [0.05, 0.1) is 6.54 Å². The second-order valence-electron chi connectivity index (χ2n) is 6.64. The van der Waals surface area contributed by atoms with Gasteiger partial charge in [0.15, 0.2) is 5.96 Å². The number of nitrogens with zero attached hydrogens (tertiary/aromatic N) is 1. The van der Waals surface area contributed by atoms with E-state index in [9.17, 15) is 4.79 Å². The summed E-state index contributed by atoms with van der Waals surface area (Å²) in [6.45, 7) is 4.38. The molecule has 1 saturated carbocycles.